The molecule has 1 saturated carbocycles. The molecule has 21 heavy (non-hydrogen) atoms. The number of nitrogens with two attached hydrogens (primary N) is 1. The predicted octanol–water partition coefficient (Wildman–Crippen LogP) is 3.66. The number of benzene rings is 2. The van der Waals surface area contributed by atoms with Crippen LogP contribution in [0.25, 0.3) is 0 Å². The summed E-state index contributed by atoms with van der Waals surface area (Å²) in [6.07, 6.45) is 2.54. The highest BCUT2D eigenvalue weighted by atomic mass is 16.1. The van der Waals surface area contributed by atoms with E-state index in [0.717, 1.165) is 5.69 Å². The minimum atomic E-state index is -0.390. The average Bonchev–Trinajstić information content (AvgIpc) is 3.31. The number of hydrogen-bond acceptors (Lipinski definition) is 2. The second kappa shape index (κ2) is 5.60. The number of hydrogen-bond donors (Lipinski definition) is 2. The molecule has 1 aliphatic carbocycles. The van der Waals surface area contributed by atoms with E-state index in [9.17, 15) is 4.79 Å². The third-order valence-corrected chi connectivity index (χ3v) is 4.02. The van der Waals surface area contributed by atoms with Crippen molar-refractivity contribution in [3.8, 4) is 0 Å². The van der Waals surface area contributed by atoms with Crippen LogP contribution in [-0.4, -0.2) is 5.91 Å². The molecule has 0 radical (unpaired) electrons. The smallest absolute Gasteiger partial charge is 0.248 e. The fourth-order valence-electron chi connectivity index (χ4n) is 2.59. The molecule has 1 aliphatic rings. The molecule has 1 amide bonds. The van der Waals surface area contributed by atoms with Crippen molar-refractivity contribution in [1.29, 1.82) is 0 Å². The van der Waals surface area contributed by atoms with Gasteiger partial charge in [-0.05, 0) is 55.5 Å². The summed E-state index contributed by atoms with van der Waals surface area (Å²) in [6, 6.07) is 16.4. The summed E-state index contributed by atoms with van der Waals surface area (Å²) < 4.78 is 0. The SMILES string of the molecule is Cc1ccc(C(Nc2ccc(C(N)=O)cc2)C2CC2)cc1. The lowest BCUT2D eigenvalue weighted by molar-refractivity contribution is 0.100. The Morgan fingerprint density at radius 3 is 2.24 bits per heavy atom. The van der Waals surface area contributed by atoms with Gasteiger partial charge in [-0.2, -0.15) is 0 Å². The molecule has 2 aromatic carbocycles. The number of carbonyl (C=O) groups excluding carboxylic acids is 1. The maximum absolute atomic E-state index is 11.1. The van der Waals surface area contributed by atoms with Crippen LogP contribution in [0.3, 0.4) is 0 Å². The minimum Gasteiger partial charge on any atom is -0.378 e. The second-order valence-electron chi connectivity index (χ2n) is 5.81. The van der Waals surface area contributed by atoms with Crippen LogP contribution in [-0.2, 0) is 0 Å². The molecule has 0 bridgehead atoms. The van der Waals surface area contributed by atoms with Crippen LogP contribution >= 0.6 is 0 Å². The Balaban J connectivity index is 1.79. The number of primary amides is 1. The van der Waals surface area contributed by atoms with Gasteiger partial charge in [0.25, 0.3) is 0 Å². The van der Waals surface area contributed by atoms with E-state index >= 15 is 0 Å². The molecule has 0 heterocycles. The zero-order chi connectivity index (χ0) is 14.8. The van der Waals surface area contributed by atoms with E-state index in [-0.39, 0.29) is 5.91 Å². The number of rotatable bonds is 5. The zero-order valence-electron chi connectivity index (χ0n) is 12.2. The summed E-state index contributed by atoms with van der Waals surface area (Å²) in [5.74, 6) is 0.308. The van der Waals surface area contributed by atoms with Crippen LogP contribution in [0.5, 0.6) is 0 Å². The topological polar surface area (TPSA) is 55.1 Å². The number of anilines is 1. The van der Waals surface area contributed by atoms with E-state index < -0.39 is 0 Å². The summed E-state index contributed by atoms with van der Waals surface area (Å²) in [7, 11) is 0. The maximum Gasteiger partial charge on any atom is 0.248 e. The second-order valence-corrected chi connectivity index (χ2v) is 5.81. The van der Waals surface area contributed by atoms with Crippen LogP contribution in [0.15, 0.2) is 48.5 Å². The fourth-order valence-corrected chi connectivity index (χ4v) is 2.59. The van der Waals surface area contributed by atoms with Gasteiger partial charge in [-0.25, -0.2) is 0 Å². The highest BCUT2D eigenvalue weighted by Crippen LogP contribution is 2.42. The van der Waals surface area contributed by atoms with Gasteiger partial charge in [-0.3, -0.25) is 4.79 Å². The van der Waals surface area contributed by atoms with Crippen molar-refractivity contribution < 1.29 is 4.79 Å². The fraction of sp³-hybridized carbons (Fsp3) is 0.278. The van der Waals surface area contributed by atoms with E-state index in [1.165, 1.54) is 24.0 Å². The summed E-state index contributed by atoms with van der Waals surface area (Å²) >= 11 is 0. The Labute approximate surface area is 125 Å². The lowest BCUT2D eigenvalue weighted by Crippen LogP contribution is -2.14. The molecule has 3 heteroatoms. The molecule has 3 rings (SSSR count). The normalized spacial score (nSPS) is 15.5. The molecule has 1 atom stereocenters. The van der Waals surface area contributed by atoms with Gasteiger partial charge in [0.2, 0.25) is 5.91 Å². The lowest BCUT2D eigenvalue weighted by Gasteiger charge is -2.20. The first-order valence-electron chi connectivity index (χ1n) is 7.36. The molecule has 3 N–H and O–H groups in total. The van der Waals surface area contributed by atoms with Gasteiger partial charge in [-0.1, -0.05) is 29.8 Å². The Kier molecular flexibility index (Phi) is 3.65. The zero-order valence-corrected chi connectivity index (χ0v) is 12.2. The quantitative estimate of drug-likeness (QED) is 0.878. The van der Waals surface area contributed by atoms with Crippen molar-refractivity contribution in [3.63, 3.8) is 0 Å². The average molecular weight is 280 g/mol. The van der Waals surface area contributed by atoms with Gasteiger partial charge >= 0.3 is 0 Å². The molecular weight excluding hydrogens is 260 g/mol. The largest absolute Gasteiger partial charge is 0.378 e. The van der Waals surface area contributed by atoms with Crippen molar-refractivity contribution in [3.05, 3.63) is 65.2 Å². The Bertz CT molecular complexity index is 627. The standard InChI is InChI=1S/C18H20N2O/c1-12-2-4-13(5-3-12)17(14-6-7-14)20-16-10-8-15(9-11-16)18(19)21/h2-5,8-11,14,17,20H,6-7H2,1H3,(H2,19,21). The van der Waals surface area contributed by atoms with Gasteiger partial charge in [0.1, 0.15) is 0 Å². The molecule has 1 unspecified atom stereocenters. The first-order valence-corrected chi connectivity index (χ1v) is 7.36. The number of aryl methyl sites for hydroxylation is 1. The third-order valence-electron chi connectivity index (χ3n) is 4.02. The molecule has 0 spiro atoms. The van der Waals surface area contributed by atoms with Crippen molar-refractivity contribution in [2.24, 2.45) is 11.7 Å². The molecule has 2 aromatic rings. The van der Waals surface area contributed by atoms with Crippen LogP contribution in [0.4, 0.5) is 5.69 Å². The molecule has 1 fully saturated rings. The van der Waals surface area contributed by atoms with Gasteiger partial charge in [0, 0.05) is 11.3 Å². The van der Waals surface area contributed by atoms with Gasteiger partial charge in [0.05, 0.1) is 6.04 Å². The Morgan fingerprint density at radius 2 is 1.71 bits per heavy atom. The van der Waals surface area contributed by atoms with Gasteiger partial charge < -0.3 is 11.1 Å². The van der Waals surface area contributed by atoms with Gasteiger partial charge in [0.15, 0.2) is 0 Å². The number of nitrogens with one attached hydrogen (secondary N) is 1. The molecular formula is C18H20N2O. The van der Waals surface area contributed by atoms with Crippen molar-refractivity contribution in [2.45, 2.75) is 25.8 Å². The number of amides is 1. The number of carbonyl (C=O) groups is 1. The molecule has 108 valence electrons. The van der Waals surface area contributed by atoms with Crippen molar-refractivity contribution >= 4 is 11.6 Å². The van der Waals surface area contributed by atoms with E-state index in [1.807, 2.05) is 12.1 Å². The highest BCUT2D eigenvalue weighted by molar-refractivity contribution is 5.93. The van der Waals surface area contributed by atoms with E-state index in [2.05, 4.69) is 36.5 Å². The first-order chi connectivity index (χ1) is 10.1. The predicted molar refractivity (Wildman–Crippen MR) is 85.2 cm³/mol. The van der Waals surface area contributed by atoms with Crippen LogP contribution in [0.2, 0.25) is 0 Å². The third kappa shape index (κ3) is 3.24. The van der Waals surface area contributed by atoms with Crippen LogP contribution in [0.1, 0.15) is 40.4 Å². The maximum atomic E-state index is 11.1. The molecule has 0 saturated heterocycles. The van der Waals surface area contributed by atoms with E-state index in [0.29, 0.717) is 17.5 Å². The summed E-state index contributed by atoms with van der Waals surface area (Å²) in [4.78, 5) is 11.1. The lowest BCUT2D eigenvalue weighted by atomic mass is 10.0. The van der Waals surface area contributed by atoms with Crippen LogP contribution in [0, 0.1) is 12.8 Å². The molecule has 0 aliphatic heterocycles. The molecule has 0 aromatic heterocycles. The van der Waals surface area contributed by atoms with E-state index in [1.54, 1.807) is 12.1 Å². The molecule has 3 nitrogen and oxygen atoms in total. The van der Waals surface area contributed by atoms with Gasteiger partial charge in [-0.15, -0.1) is 0 Å². The summed E-state index contributed by atoms with van der Waals surface area (Å²) in [5.41, 5.74) is 9.43. The van der Waals surface area contributed by atoms with E-state index in [4.69, 9.17) is 5.73 Å². The Morgan fingerprint density at radius 1 is 1.10 bits per heavy atom. The highest BCUT2D eigenvalue weighted by Gasteiger charge is 2.32. The summed E-state index contributed by atoms with van der Waals surface area (Å²) in [5, 5.41) is 3.59. The first kappa shape index (κ1) is 13.7. The summed E-state index contributed by atoms with van der Waals surface area (Å²) in [6.45, 7) is 2.10. The van der Waals surface area contributed by atoms with Crippen LogP contribution < -0.4 is 11.1 Å². The monoisotopic (exact) mass is 280 g/mol. The van der Waals surface area contributed by atoms with Crippen molar-refractivity contribution in [2.75, 3.05) is 5.32 Å². The Hall–Kier alpha value is -2.29. The minimum absolute atomic E-state index is 0.338. The van der Waals surface area contributed by atoms with Crippen molar-refractivity contribution in [1.82, 2.24) is 0 Å².